The molecule has 0 saturated heterocycles. The van der Waals surface area contributed by atoms with Crippen molar-refractivity contribution in [2.24, 2.45) is 0 Å². The average molecular weight is 358 g/mol. The minimum absolute atomic E-state index is 0.0385. The van der Waals surface area contributed by atoms with Gasteiger partial charge in [0.25, 0.3) is 5.56 Å². The van der Waals surface area contributed by atoms with Gasteiger partial charge in [0.1, 0.15) is 17.4 Å². The van der Waals surface area contributed by atoms with Crippen molar-refractivity contribution in [3.05, 3.63) is 100 Å². The highest BCUT2D eigenvalue weighted by Gasteiger charge is 2.11. The number of hydrogen-bond acceptors (Lipinski definition) is 3. The Morgan fingerprint density at radius 2 is 1.70 bits per heavy atom. The van der Waals surface area contributed by atoms with Gasteiger partial charge in [0, 0.05) is 11.6 Å². The number of hydrogen-bond donors (Lipinski definition) is 1. The number of fused-ring (bicyclic) bond motifs is 1. The van der Waals surface area contributed by atoms with E-state index in [-0.39, 0.29) is 17.1 Å². The van der Waals surface area contributed by atoms with Crippen molar-refractivity contribution in [3.63, 3.8) is 0 Å². The fourth-order valence-corrected chi connectivity index (χ4v) is 2.92. The fraction of sp³-hybridized carbons (Fsp3) is 0. The molecule has 0 spiro atoms. The van der Waals surface area contributed by atoms with Crippen molar-refractivity contribution in [2.45, 2.75) is 0 Å². The van der Waals surface area contributed by atoms with E-state index < -0.39 is 0 Å². The van der Waals surface area contributed by atoms with E-state index in [4.69, 9.17) is 0 Å². The lowest BCUT2D eigenvalue weighted by Gasteiger charge is -2.11. The minimum Gasteiger partial charge on any atom is -0.508 e. The molecule has 1 heterocycles. The summed E-state index contributed by atoms with van der Waals surface area (Å²) < 4.78 is 15.3. The van der Waals surface area contributed by atoms with Gasteiger partial charge < -0.3 is 5.11 Å². The highest BCUT2D eigenvalue weighted by atomic mass is 19.1. The lowest BCUT2D eigenvalue weighted by Crippen LogP contribution is -2.22. The number of phenolic OH excluding ortho intramolecular Hbond substituents is 1. The van der Waals surface area contributed by atoms with E-state index >= 15 is 0 Å². The van der Waals surface area contributed by atoms with Crippen LogP contribution in [0.5, 0.6) is 5.75 Å². The zero-order valence-electron chi connectivity index (χ0n) is 14.2. The predicted molar refractivity (Wildman–Crippen MR) is 104 cm³/mol. The first-order chi connectivity index (χ1) is 13.1. The molecule has 0 radical (unpaired) electrons. The maximum Gasteiger partial charge on any atom is 0.266 e. The molecule has 5 heteroatoms. The molecule has 132 valence electrons. The molecule has 3 aromatic carbocycles. The maximum atomic E-state index is 13.9. The topological polar surface area (TPSA) is 55.1 Å². The first-order valence-electron chi connectivity index (χ1n) is 8.37. The summed E-state index contributed by atoms with van der Waals surface area (Å²) in [6, 6.07) is 19.8. The van der Waals surface area contributed by atoms with Gasteiger partial charge in [-0.3, -0.25) is 9.36 Å². The molecule has 4 aromatic rings. The molecule has 1 aromatic heterocycles. The van der Waals surface area contributed by atoms with E-state index in [1.807, 2.05) is 0 Å². The summed E-state index contributed by atoms with van der Waals surface area (Å²) in [6.07, 6.45) is 3.17. The summed E-state index contributed by atoms with van der Waals surface area (Å²) in [6.45, 7) is 0. The average Bonchev–Trinajstić information content (AvgIpc) is 2.67. The van der Waals surface area contributed by atoms with Crippen LogP contribution >= 0.6 is 0 Å². The van der Waals surface area contributed by atoms with Crippen LogP contribution in [0.1, 0.15) is 11.4 Å². The second kappa shape index (κ2) is 6.88. The third-order valence-electron chi connectivity index (χ3n) is 4.21. The van der Waals surface area contributed by atoms with Crippen molar-refractivity contribution in [3.8, 4) is 11.4 Å². The van der Waals surface area contributed by atoms with Crippen LogP contribution < -0.4 is 5.56 Å². The lowest BCUT2D eigenvalue weighted by molar-refractivity contribution is 0.475. The van der Waals surface area contributed by atoms with E-state index in [0.29, 0.717) is 28.0 Å². The Bertz CT molecular complexity index is 1230. The number of nitrogens with zero attached hydrogens (tertiary/aromatic N) is 2. The van der Waals surface area contributed by atoms with Gasteiger partial charge in [-0.1, -0.05) is 36.4 Å². The number of aromatic nitrogens is 2. The van der Waals surface area contributed by atoms with E-state index in [2.05, 4.69) is 4.98 Å². The third kappa shape index (κ3) is 3.22. The second-order valence-electron chi connectivity index (χ2n) is 6.00. The van der Waals surface area contributed by atoms with Gasteiger partial charge in [0.15, 0.2) is 0 Å². The van der Waals surface area contributed by atoms with Crippen molar-refractivity contribution >= 4 is 23.1 Å². The van der Waals surface area contributed by atoms with Gasteiger partial charge in [-0.2, -0.15) is 0 Å². The lowest BCUT2D eigenvalue weighted by atomic mass is 10.2. The van der Waals surface area contributed by atoms with Crippen molar-refractivity contribution in [2.75, 3.05) is 0 Å². The maximum absolute atomic E-state index is 13.9. The number of benzene rings is 3. The van der Waals surface area contributed by atoms with Gasteiger partial charge in [-0.05, 0) is 42.5 Å². The molecule has 0 amide bonds. The smallest absolute Gasteiger partial charge is 0.266 e. The van der Waals surface area contributed by atoms with Crippen LogP contribution in [-0.2, 0) is 0 Å². The van der Waals surface area contributed by atoms with Crippen LogP contribution in [-0.4, -0.2) is 14.7 Å². The van der Waals surface area contributed by atoms with Gasteiger partial charge in [-0.15, -0.1) is 0 Å². The van der Waals surface area contributed by atoms with E-state index in [1.165, 1.54) is 22.8 Å². The summed E-state index contributed by atoms with van der Waals surface area (Å²) in [5, 5.41) is 10.3. The van der Waals surface area contributed by atoms with Crippen molar-refractivity contribution in [1.82, 2.24) is 9.55 Å². The van der Waals surface area contributed by atoms with Crippen LogP contribution in [0.3, 0.4) is 0 Å². The highest BCUT2D eigenvalue weighted by molar-refractivity contribution is 5.80. The number of rotatable bonds is 3. The fourth-order valence-electron chi connectivity index (χ4n) is 2.92. The van der Waals surface area contributed by atoms with Crippen LogP contribution in [0.25, 0.3) is 28.7 Å². The summed E-state index contributed by atoms with van der Waals surface area (Å²) in [7, 11) is 0. The molecule has 27 heavy (non-hydrogen) atoms. The molecule has 4 rings (SSSR count). The standard InChI is InChI=1S/C22H15FN2O2/c23-19-10-3-1-6-15(19)12-13-21-24-20-11-4-2-9-18(20)22(27)25(21)16-7-5-8-17(26)14-16/h1-14,26H/b13-12+. The molecule has 0 unspecified atom stereocenters. The molecule has 0 saturated carbocycles. The molecule has 0 aliphatic heterocycles. The summed E-state index contributed by atoms with van der Waals surface area (Å²) >= 11 is 0. The first kappa shape index (κ1) is 16.7. The van der Waals surface area contributed by atoms with Crippen LogP contribution in [0.4, 0.5) is 4.39 Å². The Balaban J connectivity index is 1.97. The quantitative estimate of drug-likeness (QED) is 0.590. The van der Waals surface area contributed by atoms with Gasteiger partial charge in [0.05, 0.1) is 16.6 Å². The van der Waals surface area contributed by atoms with E-state index in [9.17, 15) is 14.3 Å². The Labute approximate surface area is 154 Å². The van der Waals surface area contributed by atoms with E-state index in [0.717, 1.165) is 0 Å². The Kier molecular flexibility index (Phi) is 4.26. The Morgan fingerprint density at radius 3 is 2.52 bits per heavy atom. The monoisotopic (exact) mass is 358 g/mol. The predicted octanol–water partition coefficient (Wildman–Crippen LogP) is 4.40. The van der Waals surface area contributed by atoms with Crippen LogP contribution in [0, 0.1) is 5.82 Å². The molecule has 4 nitrogen and oxygen atoms in total. The zero-order valence-corrected chi connectivity index (χ0v) is 14.2. The summed E-state index contributed by atoms with van der Waals surface area (Å²) in [4.78, 5) is 17.6. The summed E-state index contributed by atoms with van der Waals surface area (Å²) in [5.41, 5.74) is 1.15. The van der Waals surface area contributed by atoms with Crippen LogP contribution in [0.15, 0.2) is 77.6 Å². The Hall–Kier alpha value is -3.73. The van der Waals surface area contributed by atoms with Crippen molar-refractivity contribution < 1.29 is 9.50 Å². The first-order valence-corrected chi connectivity index (χ1v) is 8.37. The zero-order chi connectivity index (χ0) is 18.8. The molecular weight excluding hydrogens is 343 g/mol. The molecule has 1 N–H and O–H groups in total. The largest absolute Gasteiger partial charge is 0.508 e. The summed E-state index contributed by atoms with van der Waals surface area (Å²) in [5.74, 6) is 0.0185. The van der Waals surface area contributed by atoms with Crippen molar-refractivity contribution in [1.29, 1.82) is 0 Å². The Morgan fingerprint density at radius 1 is 0.926 bits per heavy atom. The number of halogens is 1. The van der Waals surface area contributed by atoms with Gasteiger partial charge in [0.2, 0.25) is 0 Å². The van der Waals surface area contributed by atoms with E-state index in [1.54, 1.807) is 66.7 Å². The number of para-hydroxylation sites is 1. The van der Waals surface area contributed by atoms with Crippen LogP contribution in [0.2, 0.25) is 0 Å². The molecule has 0 aliphatic rings. The molecule has 0 atom stereocenters. The molecular formula is C22H15FN2O2. The van der Waals surface area contributed by atoms with Gasteiger partial charge >= 0.3 is 0 Å². The normalized spacial score (nSPS) is 11.3. The molecule has 0 fully saturated rings. The third-order valence-corrected chi connectivity index (χ3v) is 4.21. The molecule has 0 aliphatic carbocycles. The number of aromatic hydroxyl groups is 1. The van der Waals surface area contributed by atoms with Gasteiger partial charge in [-0.25, -0.2) is 9.37 Å². The highest BCUT2D eigenvalue weighted by Crippen LogP contribution is 2.19. The minimum atomic E-state index is -0.360. The number of phenols is 1. The molecule has 0 bridgehead atoms. The second-order valence-corrected chi connectivity index (χ2v) is 6.00. The SMILES string of the molecule is O=c1c2ccccc2nc(/C=C/c2ccccc2F)n1-c1cccc(O)c1.